The van der Waals surface area contributed by atoms with Gasteiger partial charge in [0.1, 0.15) is 17.6 Å². The van der Waals surface area contributed by atoms with Crippen LogP contribution in [0.3, 0.4) is 0 Å². The molecular formula is C15H13F3O3. The van der Waals surface area contributed by atoms with E-state index < -0.39 is 12.5 Å². The predicted octanol–water partition coefficient (Wildman–Crippen LogP) is 3.68. The van der Waals surface area contributed by atoms with E-state index in [1.165, 1.54) is 25.3 Å². The molecule has 0 amide bonds. The highest BCUT2D eigenvalue weighted by Crippen LogP contribution is 2.29. The minimum absolute atomic E-state index is 0.296. The number of halogens is 3. The third kappa shape index (κ3) is 4.13. The van der Waals surface area contributed by atoms with Crippen LogP contribution in [0.2, 0.25) is 0 Å². The number of rotatable bonds is 4. The Balaban J connectivity index is 2.26. The first-order valence-electron chi connectivity index (χ1n) is 6.07. The zero-order chi connectivity index (χ0) is 15.5. The number of aliphatic hydroxyl groups is 1. The molecule has 0 aliphatic heterocycles. The predicted molar refractivity (Wildman–Crippen MR) is 70.2 cm³/mol. The first kappa shape index (κ1) is 15.2. The van der Waals surface area contributed by atoms with Crippen LogP contribution in [0.1, 0.15) is 17.2 Å². The Morgan fingerprint density at radius 2 is 1.48 bits per heavy atom. The molecule has 0 heterocycles. The second-order valence-electron chi connectivity index (χ2n) is 4.30. The number of aliphatic hydroxyl groups excluding tert-OH is 1. The van der Waals surface area contributed by atoms with Crippen molar-refractivity contribution in [2.75, 3.05) is 7.11 Å². The van der Waals surface area contributed by atoms with Gasteiger partial charge in [0.05, 0.1) is 7.11 Å². The summed E-state index contributed by atoms with van der Waals surface area (Å²) in [6.07, 6.45) is -5.84. The molecule has 2 aromatic rings. The van der Waals surface area contributed by atoms with Gasteiger partial charge in [-0.15, -0.1) is 13.2 Å². The summed E-state index contributed by atoms with van der Waals surface area (Å²) in [6.45, 7) is 0. The molecular weight excluding hydrogens is 285 g/mol. The lowest BCUT2D eigenvalue weighted by molar-refractivity contribution is -0.274. The maximum absolute atomic E-state index is 12.2. The fourth-order valence-electron chi connectivity index (χ4n) is 1.89. The van der Waals surface area contributed by atoms with Crippen molar-refractivity contribution < 1.29 is 27.8 Å². The Hall–Kier alpha value is -2.21. The molecule has 0 bridgehead atoms. The molecule has 2 rings (SSSR count). The molecule has 0 spiro atoms. The van der Waals surface area contributed by atoms with Crippen molar-refractivity contribution in [3.05, 3.63) is 59.7 Å². The van der Waals surface area contributed by atoms with Crippen LogP contribution >= 0.6 is 0 Å². The first-order valence-corrected chi connectivity index (χ1v) is 6.07. The third-order valence-electron chi connectivity index (χ3n) is 2.82. The van der Waals surface area contributed by atoms with Crippen LogP contribution in [0.5, 0.6) is 11.5 Å². The zero-order valence-electron chi connectivity index (χ0n) is 11.1. The first-order chi connectivity index (χ1) is 9.89. The van der Waals surface area contributed by atoms with Crippen LogP contribution in [0.25, 0.3) is 0 Å². The van der Waals surface area contributed by atoms with Crippen LogP contribution in [-0.2, 0) is 0 Å². The normalized spacial score (nSPS) is 12.8. The molecule has 3 nitrogen and oxygen atoms in total. The van der Waals surface area contributed by atoms with Crippen LogP contribution < -0.4 is 9.47 Å². The Kier molecular flexibility index (Phi) is 4.37. The number of methoxy groups -OCH3 is 1. The maximum Gasteiger partial charge on any atom is 0.573 e. The van der Waals surface area contributed by atoms with Crippen LogP contribution in [0.4, 0.5) is 13.2 Å². The van der Waals surface area contributed by atoms with E-state index in [0.29, 0.717) is 16.9 Å². The Bertz CT molecular complexity index is 611. The summed E-state index contributed by atoms with van der Waals surface area (Å²) < 4.78 is 45.5. The minimum Gasteiger partial charge on any atom is -0.497 e. The lowest BCUT2D eigenvalue weighted by Crippen LogP contribution is -2.17. The van der Waals surface area contributed by atoms with Crippen molar-refractivity contribution >= 4 is 0 Å². The van der Waals surface area contributed by atoms with Gasteiger partial charge < -0.3 is 14.6 Å². The van der Waals surface area contributed by atoms with Gasteiger partial charge in [-0.25, -0.2) is 0 Å². The van der Waals surface area contributed by atoms with Gasteiger partial charge in [-0.05, 0) is 35.4 Å². The monoisotopic (exact) mass is 298 g/mol. The zero-order valence-corrected chi connectivity index (χ0v) is 11.1. The number of alkyl halides is 3. The summed E-state index contributed by atoms with van der Waals surface area (Å²) >= 11 is 0. The standard InChI is InChI=1S/C15H13F3O3/c1-20-12-6-2-4-10(8-12)14(19)11-5-3-7-13(9-11)21-15(16,17)18/h2-9,14,19H,1H3. The highest BCUT2D eigenvalue weighted by molar-refractivity contribution is 5.38. The lowest BCUT2D eigenvalue weighted by atomic mass is 10.0. The topological polar surface area (TPSA) is 38.7 Å². The Morgan fingerprint density at radius 3 is 2.00 bits per heavy atom. The van der Waals surface area contributed by atoms with Crippen molar-refractivity contribution in [3.8, 4) is 11.5 Å². The van der Waals surface area contributed by atoms with Gasteiger partial charge in [0, 0.05) is 0 Å². The van der Waals surface area contributed by atoms with Gasteiger partial charge in [0.2, 0.25) is 0 Å². The summed E-state index contributed by atoms with van der Waals surface area (Å²) in [5.74, 6) is 0.177. The smallest absolute Gasteiger partial charge is 0.497 e. The molecule has 1 N–H and O–H groups in total. The number of benzene rings is 2. The molecule has 1 unspecified atom stereocenters. The number of hydrogen-bond acceptors (Lipinski definition) is 3. The van der Waals surface area contributed by atoms with Gasteiger partial charge in [0.15, 0.2) is 0 Å². The van der Waals surface area contributed by atoms with E-state index in [1.54, 1.807) is 24.3 Å². The van der Waals surface area contributed by atoms with E-state index in [1.807, 2.05) is 0 Å². The molecule has 1 atom stereocenters. The van der Waals surface area contributed by atoms with Gasteiger partial charge in [0.25, 0.3) is 0 Å². The maximum atomic E-state index is 12.2. The van der Waals surface area contributed by atoms with E-state index in [9.17, 15) is 18.3 Å². The second-order valence-corrected chi connectivity index (χ2v) is 4.30. The highest BCUT2D eigenvalue weighted by Gasteiger charge is 2.31. The van der Waals surface area contributed by atoms with E-state index in [2.05, 4.69) is 4.74 Å². The van der Waals surface area contributed by atoms with Gasteiger partial charge in [-0.2, -0.15) is 0 Å². The Labute approximate surface area is 119 Å². The molecule has 21 heavy (non-hydrogen) atoms. The van der Waals surface area contributed by atoms with Gasteiger partial charge in [-0.1, -0.05) is 24.3 Å². The van der Waals surface area contributed by atoms with Crippen molar-refractivity contribution in [1.82, 2.24) is 0 Å². The molecule has 112 valence electrons. The molecule has 0 aromatic heterocycles. The highest BCUT2D eigenvalue weighted by atomic mass is 19.4. The Morgan fingerprint density at radius 1 is 0.952 bits per heavy atom. The molecule has 0 aliphatic rings. The third-order valence-corrected chi connectivity index (χ3v) is 2.82. The SMILES string of the molecule is COc1cccc(C(O)c2cccc(OC(F)(F)F)c2)c1. The fraction of sp³-hybridized carbons (Fsp3) is 0.200. The number of ether oxygens (including phenoxy) is 2. The minimum atomic E-state index is -4.76. The average Bonchev–Trinajstić information content (AvgIpc) is 2.45. The second kappa shape index (κ2) is 6.05. The van der Waals surface area contributed by atoms with Crippen LogP contribution in [-0.4, -0.2) is 18.6 Å². The molecule has 0 fully saturated rings. The van der Waals surface area contributed by atoms with Crippen molar-refractivity contribution in [1.29, 1.82) is 0 Å². The molecule has 0 saturated heterocycles. The molecule has 0 radical (unpaired) electrons. The van der Waals surface area contributed by atoms with E-state index in [-0.39, 0.29) is 5.75 Å². The van der Waals surface area contributed by atoms with Gasteiger partial charge in [-0.3, -0.25) is 0 Å². The van der Waals surface area contributed by atoms with Crippen molar-refractivity contribution in [3.63, 3.8) is 0 Å². The molecule has 2 aromatic carbocycles. The van der Waals surface area contributed by atoms with Crippen molar-refractivity contribution in [2.45, 2.75) is 12.5 Å². The summed E-state index contributed by atoms with van der Waals surface area (Å²) in [6, 6.07) is 11.9. The van der Waals surface area contributed by atoms with Crippen LogP contribution in [0.15, 0.2) is 48.5 Å². The van der Waals surface area contributed by atoms with Crippen molar-refractivity contribution in [2.24, 2.45) is 0 Å². The molecule has 0 saturated carbocycles. The summed E-state index contributed by atoms with van der Waals surface area (Å²) in [7, 11) is 1.49. The largest absolute Gasteiger partial charge is 0.573 e. The quantitative estimate of drug-likeness (QED) is 0.936. The molecule has 0 aliphatic carbocycles. The van der Waals surface area contributed by atoms with E-state index >= 15 is 0 Å². The van der Waals surface area contributed by atoms with Crippen LogP contribution in [0, 0.1) is 0 Å². The van der Waals surface area contributed by atoms with E-state index in [4.69, 9.17) is 4.74 Å². The summed E-state index contributed by atoms with van der Waals surface area (Å²) in [5, 5.41) is 10.2. The lowest BCUT2D eigenvalue weighted by Gasteiger charge is -2.14. The summed E-state index contributed by atoms with van der Waals surface area (Å²) in [4.78, 5) is 0. The van der Waals surface area contributed by atoms with E-state index in [0.717, 1.165) is 6.07 Å². The molecule has 6 heteroatoms. The average molecular weight is 298 g/mol. The summed E-state index contributed by atoms with van der Waals surface area (Å²) in [5.41, 5.74) is 0.809. The number of hydrogen-bond donors (Lipinski definition) is 1. The fourth-order valence-corrected chi connectivity index (χ4v) is 1.89. The van der Waals surface area contributed by atoms with Gasteiger partial charge >= 0.3 is 6.36 Å².